The van der Waals surface area contributed by atoms with Gasteiger partial charge in [-0.1, -0.05) is 0 Å². The molecule has 0 aromatic carbocycles. The molecular weight excluding hydrogens is 311 g/mol. The summed E-state index contributed by atoms with van der Waals surface area (Å²) in [7, 11) is 0. The zero-order chi connectivity index (χ0) is 16.0. The van der Waals surface area contributed by atoms with E-state index in [4.69, 9.17) is 4.74 Å². The van der Waals surface area contributed by atoms with Crippen molar-refractivity contribution < 1.29 is 17.9 Å². The summed E-state index contributed by atoms with van der Waals surface area (Å²) in [6.45, 7) is 1.27. The number of hydrogen-bond acceptors (Lipinski definition) is 5. The molecule has 124 valence electrons. The minimum Gasteiger partial charge on any atom is -0.376 e. The first-order valence-corrected chi connectivity index (χ1v) is 7.70. The zero-order valence-corrected chi connectivity index (χ0v) is 12.3. The number of aromatic nitrogens is 4. The van der Waals surface area contributed by atoms with E-state index in [1.54, 1.807) is 0 Å². The molecule has 2 aromatic heterocycles. The number of fused-ring (bicyclic) bond motifs is 2. The highest BCUT2D eigenvalue weighted by Crippen LogP contribution is 2.35. The third kappa shape index (κ3) is 2.52. The molecule has 0 bridgehead atoms. The highest BCUT2D eigenvalue weighted by molar-refractivity contribution is 5.49. The van der Waals surface area contributed by atoms with Crippen molar-refractivity contribution in [2.75, 3.05) is 18.1 Å². The molecule has 0 spiro atoms. The molecule has 1 aliphatic heterocycles. The topological polar surface area (TPSA) is 55.6 Å². The molecule has 9 heteroatoms. The molecule has 0 N–H and O–H groups in total. The minimum atomic E-state index is -4.51. The molecule has 0 unspecified atom stereocenters. The molecule has 6 nitrogen and oxygen atoms in total. The molecule has 1 saturated carbocycles. The Bertz CT molecular complexity index is 716. The van der Waals surface area contributed by atoms with Crippen LogP contribution in [0, 0.1) is 0 Å². The van der Waals surface area contributed by atoms with Crippen molar-refractivity contribution in [3.05, 3.63) is 18.1 Å². The highest BCUT2D eigenvalue weighted by Gasteiger charge is 2.38. The third-order valence-corrected chi connectivity index (χ3v) is 4.51. The summed E-state index contributed by atoms with van der Waals surface area (Å²) in [5.74, 6) is 0.358. The van der Waals surface area contributed by atoms with Gasteiger partial charge in [0.25, 0.3) is 5.78 Å². The van der Waals surface area contributed by atoms with Crippen LogP contribution in [0.25, 0.3) is 5.78 Å². The van der Waals surface area contributed by atoms with Crippen LogP contribution >= 0.6 is 0 Å². The van der Waals surface area contributed by atoms with E-state index < -0.39 is 11.9 Å². The van der Waals surface area contributed by atoms with Gasteiger partial charge < -0.3 is 9.64 Å². The summed E-state index contributed by atoms with van der Waals surface area (Å²) < 4.78 is 46.7. The SMILES string of the molecule is FC(F)(F)c1cc(N2CCCO[C@@H]3CCC[C@H]32)n2ncnc2n1. The van der Waals surface area contributed by atoms with Crippen LogP contribution < -0.4 is 4.90 Å². The second-order valence-electron chi connectivity index (χ2n) is 5.92. The second-order valence-corrected chi connectivity index (χ2v) is 5.92. The van der Waals surface area contributed by atoms with E-state index in [1.807, 2.05) is 4.90 Å². The fourth-order valence-corrected chi connectivity index (χ4v) is 3.52. The summed E-state index contributed by atoms with van der Waals surface area (Å²) in [5, 5.41) is 4.06. The average molecular weight is 327 g/mol. The van der Waals surface area contributed by atoms with Crippen LogP contribution in [-0.2, 0) is 10.9 Å². The normalized spacial score (nSPS) is 25.6. The number of anilines is 1. The van der Waals surface area contributed by atoms with Gasteiger partial charge in [-0.3, -0.25) is 0 Å². The van der Waals surface area contributed by atoms with Gasteiger partial charge in [0.1, 0.15) is 12.1 Å². The van der Waals surface area contributed by atoms with E-state index >= 15 is 0 Å². The first-order chi connectivity index (χ1) is 11.0. The predicted octanol–water partition coefficient (Wildman–Crippen LogP) is 2.29. The molecule has 1 saturated heterocycles. The lowest BCUT2D eigenvalue weighted by Crippen LogP contribution is -2.41. The number of rotatable bonds is 1. The lowest BCUT2D eigenvalue weighted by Gasteiger charge is -2.32. The average Bonchev–Trinajstić information content (AvgIpc) is 3.11. The van der Waals surface area contributed by atoms with E-state index in [0.717, 1.165) is 31.7 Å². The summed E-state index contributed by atoms with van der Waals surface area (Å²) in [5.41, 5.74) is -0.937. The maximum absolute atomic E-state index is 13.2. The van der Waals surface area contributed by atoms with E-state index in [1.165, 1.54) is 10.8 Å². The van der Waals surface area contributed by atoms with Crippen LogP contribution in [0.5, 0.6) is 0 Å². The van der Waals surface area contributed by atoms with E-state index in [2.05, 4.69) is 15.1 Å². The predicted molar refractivity (Wildman–Crippen MR) is 75.1 cm³/mol. The van der Waals surface area contributed by atoms with Gasteiger partial charge in [-0.2, -0.15) is 27.8 Å². The zero-order valence-electron chi connectivity index (χ0n) is 12.3. The maximum Gasteiger partial charge on any atom is 0.433 e. The quantitative estimate of drug-likeness (QED) is 0.804. The van der Waals surface area contributed by atoms with E-state index in [-0.39, 0.29) is 17.9 Å². The molecule has 2 aromatic rings. The second kappa shape index (κ2) is 5.33. The number of hydrogen-bond donors (Lipinski definition) is 0. The van der Waals surface area contributed by atoms with Crippen molar-refractivity contribution in [1.29, 1.82) is 0 Å². The smallest absolute Gasteiger partial charge is 0.376 e. The van der Waals surface area contributed by atoms with Crippen molar-refractivity contribution in [3.8, 4) is 0 Å². The van der Waals surface area contributed by atoms with E-state index in [0.29, 0.717) is 19.0 Å². The van der Waals surface area contributed by atoms with Crippen molar-refractivity contribution in [2.45, 2.75) is 44.0 Å². The van der Waals surface area contributed by atoms with Crippen molar-refractivity contribution in [3.63, 3.8) is 0 Å². The van der Waals surface area contributed by atoms with Crippen LogP contribution in [0.4, 0.5) is 19.0 Å². The van der Waals surface area contributed by atoms with Gasteiger partial charge in [-0.15, -0.1) is 0 Å². The van der Waals surface area contributed by atoms with Crippen molar-refractivity contribution in [1.82, 2.24) is 19.6 Å². The van der Waals surface area contributed by atoms with Gasteiger partial charge in [-0.05, 0) is 25.7 Å². The van der Waals surface area contributed by atoms with Crippen LogP contribution in [0.2, 0.25) is 0 Å². The summed E-state index contributed by atoms with van der Waals surface area (Å²) in [4.78, 5) is 9.41. The van der Waals surface area contributed by atoms with Crippen molar-refractivity contribution >= 4 is 11.6 Å². The molecule has 0 amide bonds. The largest absolute Gasteiger partial charge is 0.433 e. The van der Waals surface area contributed by atoms with Gasteiger partial charge in [-0.25, -0.2) is 4.98 Å². The highest BCUT2D eigenvalue weighted by atomic mass is 19.4. The molecule has 0 radical (unpaired) electrons. The number of halogens is 3. The molecular formula is C14H16F3N5O. The number of ether oxygens (including phenoxy) is 1. The Morgan fingerprint density at radius 1 is 1.22 bits per heavy atom. The Morgan fingerprint density at radius 2 is 2.09 bits per heavy atom. The fourth-order valence-electron chi connectivity index (χ4n) is 3.52. The Labute approximate surface area is 130 Å². The van der Waals surface area contributed by atoms with Crippen LogP contribution in [0.3, 0.4) is 0 Å². The molecule has 4 rings (SSSR count). The maximum atomic E-state index is 13.2. The fraction of sp³-hybridized carbons (Fsp3) is 0.643. The number of alkyl halides is 3. The first-order valence-electron chi connectivity index (χ1n) is 7.70. The molecule has 3 heterocycles. The minimum absolute atomic E-state index is 0.0328. The lowest BCUT2D eigenvalue weighted by atomic mass is 10.1. The Hall–Kier alpha value is -1.90. The Balaban J connectivity index is 1.84. The summed E-state index contributed by atoms with van der Waals surface area (Å²) in [6, 6.07) is 1.15. The monoisotopic (exact) mass is 327 g/mol. The standard InChI is InChI=1S/C14H16F3N5O/c15-14(16,17)11-7-12(22-13(20-11)18-8-19-22)21-5-2-6-23-10-4-1-3-9(10)21/h7-10H,1-6H2/t9-,10-/m1/s1. The summed E-state index contributed by atoms with van der Waals surface area (Å²) in [6.07, 6.45) is 0.421. The lowest BCUT2D eigenvalue weighted by molar-refractivity contribution is -0.141. The van der Waals surface area contributed by atoms with Gasteiger partial charge in [0.05, 0.1) is 12.1 Å². The van der Waals surface area contributed by atoms with Crippen LogP contribution in [-0.4, -0.2) is 44.9 Å². The van der Waals surface area contributed by atoms with Gasteiger partial charge in [0.2, 0.25) is 0 Å². The molecule has 23 heavy (non-hydrogen) atoms. The van der Waals surface area contributed by atoms with Gasteiger partial charge in [0.15, 0.2) is 5.69 Å². The molecule has 2 fully saturated rings. The molecule has 1 aliphatic carbocycles. The first kappa shape index (κ1) is 14.7. The third-order valence-electron chi connectivity index (χ3n) is 4.51. The molecule has 2 aliphatic rings. The van der Waals surface area contributed by atoms with Crippen LogP contribution in [0.15, 0.2) is 12.4 Å². The van der Waals surface area contributed by atoms with E-state index in [9.17, 15) is 13.2 Å². The van der Waals surface area contributed by atoms with Gasteiger partial charge in [0, 0.05) is 19.2 Å². The van der Waals surface area contributed by atoms with Gasteiger partial charge >= 0.3 is 6.18 Å². The Morgan fingerprint density at radius 3 is 2.91 bits per heavy atom. The Kier molecular flexibility index (Phi) is 3.40. The number of nitrogens with zero attached hydrogens (tertiary/aromatic N) is 5. The van der Waals surface area contributed by atoms with Crippen LogP contribution in [0.1, 0.15) is 31.4 Å². The molecule has 2 atom stereocenters. The van der Waals surface area contributed by atoms with Crippen molar-refractivity contribution in [2.24, 2.45) is 0 Å². The summed E-state index contributed by atoms with van der Waals surface area (Å²) >= 11 is 0.